The summed E-state index contributed by atoms with van der Waals surface area (Å²) in [4.78, 5) is 0. The van der Waals surface area contributed by atoms with E-state index in [1.54, 1.807) is 18.2 Å². The van der Waals surface area contributed by atoms with Gasteiger partial charge in [0.15, 0.2) is 0 Å². The third-order valence-corrected chi connectivity index (χ3v) is 3.22. The summed E-state index contributed by atoms with van der Waals surface area (Å²) in [6.07, 6.45) is 3.34. The van der Waals surface area contributed by atoms with Gasteiger partial charge in [-0.2, -0.15) is 5.26 Å². The third-order valence-electron chi connectivity index (χ3n) is 3.22. The SMILES string of the molecule is N#Cc1ccc(N)cc1N[C@H]1CC[C@H](O)CC1. The number of hydrogen-bond donors (Lipinski definition) is 3. The van der Waals surface area contributed by atoms with E-state index in [0.717, 1.165) is 31.4 Å². The number of rotatable bonds is 2. The van der Waals surface area contributed by atoms with Crippen molar-refractivity contribution < 1.29 is 5.11 Å². The summed E-state index contributed by atoms with van der Waals surface area (Å²) in [5.74, 6) is 0. The van der Waals surface area contributed by atoms with Gasteiger partial charge in [-0.1, -0.05) is 0 Å². The van der Waals surface area contributed by atoms with Gasteiger partial charge in [-0.05, 0) is 43.9 Å². The summed E-state index contributed by atoms with van der Waals surface area (Å²) < 4.78 is 0. The van der Waals surface area contributed by atoms with Gasteiger partial charge in [0.1, 0.15) is 6.07 Å². The molecular formula is C13H17N3O. The molecule has 0 bridgehead atoms. The second-order valence-electron chi connectivity index (χ2n) is 4.57. The standard InChI is InChI=1S/C13H17N3O/c14-8-9-1-2-10(15)7-13(9)16-11-3-5-12(17)6-4-11/h1-2,7,11-12,16-17H,3-6,15H2/t11-,12-. The number of nitrogens with one attached hydrogen (secondary N) is 1. The van der Waals surface area contributed by atoms with E-state index in [-0.39, 0.29) is 6.10 Å². The van der Waals surface area contributed by atoms with Crippen molar-refractivity contribution in [1.82, 2.24) is 0 Å². The van der Waals surface area contributed by atoms with E-state index >= 15 is 0 Å². The van der Waals surface area contributed by atoms with Crippen LogP contribution in [0.15, 0.2) is 18.2 Å². The lowest BCUT2D eigenvalue weighted by Crippen LogP contribution is -2.28. The highest BCUT2D eigenvalue weighted by atomic mass is 16.3. The summed E-state index contributed by atoms with van der Waals surface area (Å²) in [7, 11) is 0. The number of anilines is 2. The summed E-state index contributed by atoms with van der Waals surface area (Å²) in [5.41, 5.74) is 7.79. The number of aliphatic hydroxyl groups is 1. The maximum Gasteiger partial charge on any atom is 0.101 e. The van der Waals surface area contributed by atoms with E-state index in [4.69, 9.17) is 11.0 Å². The van der Waals surface area contributed by atoms with Gasteiger partial charge in [0, 0.05) is 11.7 Å². The summed E-state index contributed by atoms with van der Waals surface area (Å²) in [6, 6.07) is 7.74. The van der Waals surface area contributed by atoms with Gasteiger partial charge in [0.25, 0.3) is 0 Å². The molecule has 4 heteroatoms. The van der Waals surface area contributed by atoms with Gasteiger partial charge >= 0.3 is 0 Å². The van der Waals surface area contributed by atoms with Gasteiger partial charge in [-0.15, -0.1) is 0 Å². The van der Waals surface area contributed by atoms with Crippen molar-refractivity contribution in [1.29, 1.82) is 5.26 Å². The Kier molecular flexibility index (Phi) is 3.50. The van der Waals surface area contributed by atoms with Crippen molar-refractivity contribution in [3.63, 3.8) is 0 Å². The monoisotopic (exact) mass is 231 g/mol. The molecule has 0 aromatic heterocycles. The molecule has 2 rings (SSSR count). The van der Waals surface area contributed by atoms with Crippen LogP contribution in [0.4, 0.5) is 11.4 Å². The first-order chi connectivity index (χ1) is 8.19. The first-order valence-corrected chi connectivity index (χ1v) is 5.93. The van der Waals surface area contributed by atoms with Crippen LogP contribution in [0, 0.1) is 11.3 Å². The highest BCUT2D eigenvalue weighted by molar-refractivity contribution is 5.64. The molecule has 0 heterocycles. The van der Waals surface area contributed by atoms with Crippen molar-refractivity contribution >= 4 is 11.4 Å². The molecule has 4 N–H and O–H groups in total. The predicted octanol–water partition coefficient (Wildman–Crippen LogP) is 1.86. The lowest BCUT2D eigenvalue weighted by atomic mass is 9.93. The fourth-order valence-corrected chi connectivity index (χ4v) is 2.22. The first kappa shape index (κ1) is 11.7. The van der Waals surface area contributed by atoms with Crippen molar-refractivity contribution in [2.45, 2.75) is 37.8 Å². The molecular weight excluding hydrogens is 214 g/mol. The smallest absolute Gasteiger partial charge is 0.101 e. The zero-order valence-corrected chi connectivity index (χ0v) is 9.69. The normalized spacial score (nSPS) is 24.0. The molecule has 0 saturated heterocycles. The average Bonchev–Trinajstić information content (AvgIpc) is 2.32. The van der Waals surface area contributed by atoms with Crippen LogP contribution in [-0.2, 0) is 0 Å². The molecule has 1 aliphatic rings. The Balaban J connectivity index is 2.08. The minimum atomic E-state index is -0.163. The largest absolute Gasteiger partial charge is 0.399 e. The molecule has 1 fully saturated rings. The van der Waals surface area contributed by atoms with Crippen LogP contribution in [0.25, 0.3) is 0 Å². The van der Waals surface area contributed by atoms with Crippen LogP contribution in [0.1, 0.15) is 31.2 Å². The predicted molar refractivity (Wildman–Crippen MR) is 67.5 cm³/mol. The number of benzene rings is 1. The molecule has 1 aromatic rings. The third kappa shape index (κ3) is 2.89. The van der Waals surface area contributed by atoms with Gasteiger partial charge in [0.2, 0.25) is 0 Å². The Morgan fingerprint density at radius 1 is 1.29 bits per heavy atom. The fourth-order valence-electron chi connectivity index (χ4n) is 2.22. The summed E-state index contributed by atoms with van der Waals surface area (Å²) in [5, 5.41) is 21.8. The van der Waals surface area contributed by atoms with Crippen LogP contribution in [-0.4, -0.2) is 17.3 Å². The number of hydrogen-bond acceptors (Lipinski definition) is 4. The fraction of sp³-hybridized carbons (Fsp3) is 0.462. The summed E-state index contributed by atoms with van der Waals surface area (Å²) in [6.45, 7) is 0. The highest BCUT2D eigenvalue weighted by Gasteiger charge is 2.19. The lowest BCUT2D eigenvalue weighted by Gasteiger charge is -2.27. The molecule has 90 valence electrons. The quantitative estimate of drug-likeness (QED) is 0.678. The van der Waals surface area contributed by atoms with E-state index in [1.165, 1.54) is 0 Å². The van der Waals surface area contributed by atoms with E-state index in [9.17, 15) is 5.11 Å². The Morgan fingerprint density at radius 3 is 2.65 bits per heavy atom. The number of nitriles is 1. The van der Waals surface area contributed by atoms with Crippen LogP contribution in [0.5, 0.6) is 0 Å². The molecule has 0 unspecified atom stereocenters. The van der Waals surface area contributed by atoms with Crippen molar-refractivity contribution in [3.05, 3.63) is 23.8 Å². The number of nitrogens with zero attached hydrogens (tertiary/aromatic N) is 1. The molecule has 1 aromatic carbocycles. The van der Waals surface area contributed by atoms with E-state index in [0.29, 0.717) is 17.3 Å². The topological polar surface area (TPSA) is 82.1 Å². The first-order valence-electron chi connectivity index (χ1n) is 5.93. The molecule has 0 radical (unpaired) electrons. The van der Waals surface area contributed by atoms with Gasteiger partial charge in [-0.3, -0.25) is 0 Å². The van der Waals surface area contributed by atoms with Crippen LogP contribution < -0.4 is 11.1 Å². The molecule has 0 spiro atoms. The molecule has 0 atom stereocenters. The molecule has 17 heavy (non-hydrogen) atoms. The van der Waals surface area contributed by atoms with Gasteiger partial charge < -0.3 is 16.2 Å². The Morgan fingerprint density at radius 2 is 2.00 bits per heavy atom. The number of nitrogen functional groups attached to an aromatic ring is 1. The zero-order chi connectivity index (χ0) is 12.3. The molecule has 1 aliphatic carbocycles. The summed E-state index contributed by atoms with van der Waals surface area (Å²) >= 11 is 0. The average molecular weight is 231 g/mol. The Hall–Kier alpha value is -1.73. The minimum Gasteiger partial charge on any atom is -0.399 e. The number of aliphatic hydroxyl groups excluding tert-OH is 1. The second kappa shape index (κ2) is 5.07. The molecule has 0 aliphatic heterocycles. The van der Waals surface area contributed by atoms with Gasteiger partial charge in [0.05, 0.1) is 17.4 Å². The Bertz CT molecular complexity index is 431. The van der Waals surface area contributed by atoms with E-state index in [2.05, 4.69) is 11.4 Å². The van der Waals surface area contributed by atoms with E-state index < -0.39 is 0 Å². The zero-order valence-electron chi connectivity index (χ0n) is 9.69. The van der Waals surface area contributed by atoms with Crippen molar-refractivity contribution in [3.8, 4) is 6.07 Å². The number of nitrogens with two attached hydrogens (primary N) is 1. The van der Waals surface area contributed by atoms with Gasteiger partial charge in [-0.25, -0.2) is 0 Å². The minimum absolute atomic E-state index is 0.163. The van der Waals surface area contributed by atoms with Crippen molar-refractivity contribution in [2.75, 3.05) is 11.1 Å². The van der Waals surface area contributed by atoms with Crippen LogP contribution in [0.2, 0.25) is 0 Å². The van der Waals surface area contributed by atoms with Crippen LogP contribution >= 0.6 is 0 Å². The highest BCUT2D eigenvalue weighted by Crippen LogP contribution is 2.25. The van der Waals surface area contributed by atoms with E-state index in [1.807, 2.05) is 0 Å². The van der Waals surface area contributed by atoms with Crippen molar-refractivity contribution in [2.24, 2.45) is 0 Å². The van der Waals surface area contributed by atoms with Crippen LogP contribution in [0.3, 0.4) is 0 Å². The maximum atomic E-state index is 9.44. The maximum absolute atomic E-state index is 9.44. The molecule has 1 saturated carbocycles. The lowest BCUT2D eigenvalue weighted by molar-refractivity contribution is 0.126. The second-order valence-corrected chi connectivity index (χ2v) is 4.57. The molecule has 4 nitrogen and oxygen atoms in total. The Labute approximate surface area is 101 Å². The molecule has 0 amide bonds.